The number of hydrogen-bond donors (Lipinski definition) is 1. The van der Waals surface area contributed by atoms with Gasteiger partial charge in [0.2, 0.25) is 0 Å². The lowest BCUT2D eigenvalue weighted by Crippen LogP contribution is -2.26. The molecule has 0 aliphatic carbocycles. The summed E-state index contributed by atoms with van der Waals surface area (Å²) in [6.45, 7) is 0. The van der Waals surface area contributed by atoms with Crippen molar-refractivity contribution in [1.29, 1.82) is 5.26 Å². The highest BCUT2D eigenvalue weighted by Gasteiger charge is 2.14. The quantitative estimate of drug-likeness (QED) is 0.936. The van der Waals surface area contributed by atoms with E-state index in [-0.39, 0.29) is 11.5 Å². The molecule has 21 heavy (non-hydrogen) atoms. The maximum absolute atomic E-state index is 12.3. The summed E-state index contributed by atoms with van der Waals surface area (Å²) in [6, 6.07) is 14.4. The highest BCUT2D eigenvalue weighted by Crippen LogP contribution is 2.17. The van der Waals surface area contributed by atoms with Crippen LogP contribution in [0.15, 0.2) is 48.5 Å². The van der Waals surface area contributed by atoms with Crippen molar-refractivity contribution in [2.24, 2.45) is 0 Å². The molecule has 5 heteroatoms. The first-order valence-corrected chi connectivity index (χ1v) is 6.14. The number of carbonyl (C=O) groups is 2. The van der Waals surface area contributed by atoms with Gasteiger partial charge in [-0.15, -0.1) is 0 Å². The molecule has 104 valence electrons. The number of hydrogen-bond acceptors (Lipinski definition) is 3. The first kappa shape index (κ1) is 14.3. The molecule has 0 aromatic heterocycles. The molecule has 0 spiro atoms. The van der Waals surface area contributed by atoms with Crippen LogP contribution in [0.4, 0.5) is 5.69 Å². The third kappa shape index (κ3) is 3.07. The molecule has 0 heterocycles. The van der Waals surface area contributed by atoms with Gasteiger partial charge in [-0.2, -0.15) is 5.26 Å². The van der Waals surface area contributed by atoms with Gasteiger partial charge in [-0.3, -0.25) is 4.79 Å². The van der Waals surface area contributed by atoms with Crippen molar-refractivity contribution < 1.29 is 14.7 Å². The van der Waals surface area contributed by atoms with Gasteiger partial charge in [0.15, 0.2) is 0 Å². The molecule has 0 radical (unpaired) electrons. The van der Waals surface area contributed by atoms with E-state index in [4.69, 9.17) is 10.4 Å². The largest absolute Gasteiger partial charge is 0.478 e. The van der Waals surface area contributed by atoms with Gasteiger partial charge in [-0.25, -0.2) is 4.79 Å². The summed E-state index contributed by atoms with van der Waals surface area (Å²) in [6.07, 6.45) is 0. The molecule has 2 aromatic carbocycles. The SMILES string of the molecule is CN(C(=O)c1ccc(C#N)cc1)c1ccc(C(=O)O)cc1. The number of anilines is 1. The molecule has 0 bridgehead atoms. The number of aromatic carboxylic acids is 1. The third-order valence-electron chi connectivity index (χ3n) is 3.07. The van der Waals surface area contributed by atoms with Crippen LogP contribution in [0.25, 0.3) is 0 Å². The Morgan fingerprint density at radius 3 is 2.00 bits per heavy atom. The summed E-state index contributed by atoms with van der Waals surface area (Å²) in [5.74, 6) is -1.25. The lowest BCUT2D eigenvalue weighted by Gasteiger charge is -2.17. The number of carboxylic acids is 1. The minimum Gasteiger partial charge on any atom is -0.478 e. The van der Waals surface area contributed by atoms with Crippen LogP contribution in [-0.4, -0.2) is 24.0 Å². The van der Waals surface area contributed by atoms with Crippen molar-refractivity contribution in [3.63, 3.8) is 0 Å². The molecule has 2 rings (SSSR count). The molecule has 2 aromatic rings. The van der Waals surface area contributed by atoms with E-state index in [1.54, 1.807) is 43.4 Å². The summed E-state index contributed by atoms with van der Waals surface area (Å²) in [5.41, 5.74) is 1.70. The molecule has 0 aliphatic rings. The molecular weight excluding hydrogens is 268 g/mol. The predicted molar refractivity (Wildman–Crippen MR) is 77.3 cm³/mol. The van der Waals surface area contributed by atoms with Gasteiger partial charge < -0.3 is 10.0 Å². The lowest BCUT2D eigenvalue weighted by molar-refractivity contribution is 0.0696. The first-order valence-electron chi connectivity index (χ1n) is 6.14. The van der Waals surface area contributed by atoms with Gasteiger partial charge in [-0.05, 0) is 48.5 Å². The minimum atomic E-state index is -1.01. The molecule has 5 nitrogen and oxygen atoms in total. The predicted octanol–water partition coefficient (Wildman–Crippen LogP) is 2.53. The van der Waals surface area contributed by atoms with Gasteiger partial charge in [-0.1, -0.05) is 0 Å². The normalized spacial score (nSPS) is 9.71. The Kier molecular flexibility index (Phi) is 4.00. The number of carbonyl (C=O) groups excluding carboxylic acids is 1. The fraction of sp³-hybridized carbons (Fsp3) is 0.0625. The van der Waals surface area contributed by atoms with E-state index in [1.807, 2.05) is 6.07 Å². The molecule has 0 aliphatic heterocycles. The summed E-state index contributed by atoms with van der Waals surface area (Å²) < 4.78 is 0. The van der Waals surface area contributed by atoms with Gasteiger partial charge in [0, 0.05) is 18.3 Å². The van der Waals surface area contributed by atoms with E-state index in [1.165, 1.54) is 17.0 Å². The fourth-order valence-electron chi connectivity index (χ4n) is 1.83. The van der Waals surface area contributed by atoms with Gasteiger partial charge in [0.05, 0.1) is 17.2 Å². The summed E-state index contributed by atoms with van der Waals surface area (Å²) in [4.78, 5) is 24.5. The third-order valence-corrected chi connectivity index (χ3v) is 3.07. The van der Waals surface area contributed by atoms with Crippen LogP contribution in [0.5, 0.6) is 0 Å². The van der Waals surface area contributed by atoms with Crippen molar-refractivity contribution >= 4 is 17.6 Å². The molecule has 0 fully saturated rings. The maximum atomic E-state index is 12.3. The Bertz CT molecular complexity index is 713. The second kappa shape index (κ2) is 5.88. The van der Waals surface area contributed by atoms with Crippen LogP contribution in [0.1, 0.15) is 26.3 Å². The van der Waals surface area contributed by atoms with Gasteiger partial charge >= 0.3 is 5.97 Å². The van der Waals surface area contributed by atoms with Crippen LogP contribution < -0.4 is 4.90 Å². The molecule has 0 atom stereocenters. The number of carboxylic acid groups (broad SMARTS) is 1. The summed E-state index contributed by atoms with van der Waals surface area (Å²) in [7, 11) is 1.61. The highest BCUT2D eigenvalue weighted by atomic mass is 16.4. The van der Waals surface area contributed by atoms with Crippen molar-refractivity contribution in [1.82, 2.24) is 0 Å². The van der Waals surface area contributed by atoms with E-state index in [2.05, 4.69) is 0 Å². The van der Waals surface area contributed by atoms with Gasteiger partial charge in [0.25, 0.3) is 5.91 Å². The summed E-state index contributed by atoms with van der Waals surface area (Å²) in [5, 5.41) is 17.6. The Balaban J connectivity index is 2.21. The standard InChI is InChI=1S/C16H12N2O3/c1-18(14-8-6-13(7-9-14)16(20)21)15(19)12-4-2-11(10-17)3-5-12/h2-9H,1H3,(H,20,21). The number of benzene rings is 2. The van der Waals surface area contributed by atoms with Crippen molar-refractivity contribution in [3.8, 4) is 6.07 Å². The molecule has 1 N–H and O–H groups in total. The van der Waals surface area contributed by atoms with E-state index >= 15 is 0 Å². The first-order chi connectivity index (χ1) is 10.0. The Hall–Kier alpha value is -3.13. The Morgan fingerprint density at radius 2 is 1.52 bits per heavy atom. The van der Waals surface area contributed by atoms with Crippen LogP contribution in [0, 0.1) is 11.3 Å². The topological polar surface area (TPSA) is 81.4 Å². The maximum Gasteiger partial charge on any atom is 0.335 e. The van der Waals surface area contributed by atoms with Crippen LogP contribution in [-0.2, 0) is 0 Å². The zero-order valence-corrected chi connectivity index (χ0v) is 11.3. The number of amides is 1. The van der Waals surface area contributed by atoms with E-state index in [0.717, 1.165) is 0 Å². The smallest absolute Gasteiger partial charge is 0.335 e. The van der Waals surface area contributed by atoms with Crippen molar-refractivity contribution in [2.75, 3.05) is 11.9 Å². The Labute approximate surface area is 121 Å². The monoisotopic (exact) mass is 280 g/mol. The number of nitriles is 1. The molecule has 1 amide bonds. The lowest BCUT2D eigenvalue weighted by atomic mass is 10.1. The van der Waals surface area contributed by atoms with E-state index < -0.39 is 5.97 Å². The van der Waals surface area contributed by atoms with E-state index in [0.29, 0.717) is 16.8 Å². The summed E-state index contributed by atoms with van der Waals surface area (Å²) >= 11 is 0. The number of rotatable bonds is 3. The molecular formula is C16H12N2O3. The molecule has 0 saturated heterocycles. The highest BCUT2D eigenvalue weighted by molar-refractivity contribution is 6.05. The van der Waals surface area contributed by atoms with Gasteiger partial charge in [0.1, 0.15) is 0 Å². The average Bonchev–Trinajstić information content (AvgIpc) is 2.53. The molecule has 0 unspecified atom stereocenters. The zero-order chi connectivity index (χ0) is 15.4. The van der Waals surface area contributed by atoms with Crippen LogP contribution in [0.3, 0.4) is 0 Å². The van der Waals surface area contributed by atoms with Crippen LogP contribution in [0.2, 0.25) is 0 Å². The second-order valence-corrected chi connectivity index (χ2v) is 4.41. The Morgan fingerprint density at radius 1 is 1.00 bits per heavy atom. The van der Waals surface area contributed by atoms with Crippen LogP contribution >= 0.6 is 0 Å². The minimum absolute atomic E-state index is 0.165. The zero-order valence-electron chi connectivity index (χ0n) is 11.3. The fourth-order valence-corrected chi connectivity index (χ4v) is 1.83. The van der Waals surface area contributed by atoms with E-state index in [9.17, 15) is 9.59 Å². The molecule has 0 saturated carbocycles. The second-order valence-electron chi connectivity index (χ2n) is 4.41. The average molecular weight is 280 g/mol. The number of nitrogens with zero attached hydrogens (tertiary/aromatic N) is 2. The van der Waals surface area contributed by atoms with Crippen molar-refractivity contribution in [3.05, 3.63) is 65.2 Å². The van der Waals surface area contributed by atoms with Crippen molar-refractivity contribution in [2.45, 2.75) is 0 Å².